The van der Waals surface area contributed by atoms with Crippen LogP contribution in [0, 0.1) is 0 Å². The number of fused-ring (bicyclic) bond motifs is 1. The predicted molar refractivity (Wildman–Crippen MR) is 112 cm³/mol. The Morgan fingerprint density at radius 3 is 2.61 bits per heavy atom. The van der Waals surface area contributed by atoms with E-state index in [2.05, 4.69) is 15.1 Å². The topological polar surface area (TPSA) is 129 Å². The molecule has 3 aromatic heterocycles. The summed E-state index contributed by atoms with van der Waals surface area (Å²) in [6.07, 6.45) is 5.66. The third kappa shape index (κ3) is 4.12. The van der Waals surface area contributed by atoms with Crippen LogP contribution in [0.5, 0.6) is 0 Å². The molecule has 1 N–H and O–H groups in total. The molecule has 0 aliphatic carbocycles. The molecule has 31 heavy (non-hydrogen) atoms. The van der Waals surface area contributed by atoms with E-state index in [0.29, 0.717) is 17.6 Å². The minimum absolute atomic E-state index is 0.170. The monoisotopic (exact) mass is 441 g/mol. The molecule has 160 valence electrons. The van der Waals surface area contributed by atoms with Crippen LogP contribution in [0.4, 0.5) is 0 Å². The van der Waals surface area contributed by atoms with Crippen molar-refractivity contribution in [1.82, 2.24) is 24.3 Å². The summed E-state index contributed by atoms with van der Waals surface area (Å²) in [6, 6.07) is 8.19. The number of aromatic nitrogens is 5. The molecule has 0 saturated carbocycles. The molecule has 0 aliphatic rings. The van der Waals surface area contributed by atoms with Gasteiger partial charge in [0.1, 0.15) is 5.52 Å². The third-order valence-electron chi connectivity index (χ3n) is 4.62. The molecule has 0 spiro atoms. The summed E-state index contributed by atoms with van der Waals surface area (Å²) in [5, 5.41) is 4.07. The summed E-state index contributed by atoms with van der Waals surface area (Å²) in [4.78, 5) is 31.9. The number of aromatic amines is 1. The number of carbonyl (C=O) groups is 1. The minimum atomic E-state index is -3.27. The molecule has 0 saturated heterocycles. The molecule has 4 rings (SSSR count). The summed E-state index contributed by atoms with van der Waals surface area (Å²) < 4.78 is 31.2. The van der Waals surface area contributed by atoms with Gasteiger partial charge in [0, 0.05) is 25.2 Å². The van der Waals surface area contributed by atoms with E-state index < -0.39 is 15.8 Å². The van der Waals surface area contributed by atoms with Crippen LogP contribution in [-0.2, 0) is 21.1 Å². The van der Waals surface area contributed by atoms with Crippen LogP contribution in [0.1, 0.15) is 22.8 Å². The quantitative estimate of drug-likeness (QED) is 0.449. The molecular formula is C20H19N5O5S. The highest BCUT2D eigenvalue weighted by atomic mass is 32.2. The Morgan fingerprint density at radius 2 is 1.94 bits per heavy atom. The van der Waals surface area contributed by atoms with Gasteiger partial charge in [0.2, 0.25) is 5.95 Å². The Morgan fingerprint density at radius 1 is 1.19 bits per heavy atom. The van der Waals surface area contributed by atoms with Gasteiger partial charge in [0.15, 0.2) is 9.84 Å². The first-order valence-electron chi connectivity index (χ1n) is 9.36. The van der Waals surface area contributed by atoms with E-state index in [-0.39, 0.29) is 28.6 Å². The van der Waals surface area contributed by atoms with Crippen LogP contribution >= 0.6 is 0 Å². The van der Waals surface area contributed by atoms with Crippen LogP contribution < -0.4 is 5.56 Å². The van der Waals surface area contributed by atoms with Gasteiger partial charge >= 0.3 is 5.97 Å². The highest BCUT2D eigenvalue weighted by molar-refractivity contribution is 7.90. The zero-order valence-corrected chi connectivity index (χ0v) is 17.6. The largest absolute Gasteiger partial charge is 0.462 e. The SMILES string of the molecule is CCOC(=O)c1cnn(-c2nc3ccn(Cc4ccc(S(C)(=O)=O)cc4)c3c(=O)[nH]2)c1. The fourth-order valence-corrected chi connectivity index (χ4v) is 3.77. The van der Waals surface area contributed by atoms with E-state index in [1.54, 1.807) is 35.9 Å². The Bertz CT molecular complexity index is 1430. The van der Waals surface area contributed by atoms with Gasteiger partial charge in [0.05, 0.1) is 28.8 Å². The first-order chi connectivity index (χ1) is 14.8. The van der Waals surface area contributed by atoms with E-state index in [4.69, 9.17) is 4.74 Å². The molecule has 0 unspecified atom stereocenters. The zero-order chi connectivity index (χ0) is 22.2. The average Bonchev–Trinajstić information content (AvgIpc) is 3.36. The molecule has 3 heterocycles. The molecule has 0 bridgehead atoms. The maximum Gasteiger partial charge on any atom is 0.341 e. The van der Waals surface area contributed by atoms with Crippen LogP contribution in [0.25, 0.3) is 17.0 Å². The number of ether oxygens (including phenoxy) is 1. The Hall–Kier alpha value is -3.73. The molecule has 0 atom stereocenters. The maximum atomic E-state index is 12.7. The van der Waals surface area contributed by atoms with Gasteiger partial charge in [-0.15, -0.1) is 0 Å². The smallest absolute Gasteiger partial charge is 0.341 e. The lowest BCUT2D eigenvalue weighted by Gasteiger charge is -2.07. The first-order valence-corrected chi connectivity index (χ1v) is 11.3. The van der Waals surface area contributed by atoms with Crippen LogP contribution in [0.3, 0.4) is 0 Å². The van der Waals surface area contributed by atoms with E-state index in [0.717, 1.165) is 11.8 Å². The predicted octanol–water partition coefficient (Wildman–Crippen LogP) is 1.54. The summed E-state index contributed by atoms with van der Waals surface area (Å²) in [5.74, 6) is -0.339. The van der Waals surface area contributed by atoms with Gasteiger partial charge in [-0.25, -0.2) is 22.9 Å². The third-order valence-corrected chi connectivity index (χ3v) is 5.75. The number of sulfone groups is 1. The van der Waals surface area contributed by atoms with E-state index in [1.807, 2.05) is 0 Å². The Labute approximate surface area is 177 Å². The van der Waals surface area contributed by atoms with Crippen molar-refractivity contribution in [2.75, 3.05) is 12.9 Å². The second-order valence-electron chi connectivity index (χ2n) is 6.88. The van der Waals surface area contributed by atoms with Crippen LogP contribution in [0.2, 0.25) is 0 Å². The van der Waals surface area contributed by atoms with Gasteiger partial charge in [-0.05, 0) is 30.7 Å². The van der Waals surface area contributed by atoms with Crippen molar-refractivity contribution in [2.24, 2.45) is 0 Å². The highest BCUT2D eigenvalue weighted by Gasteiger charge is 2.14. The van der Waals surface area contributed by atoms with Crippen molar-refractivity contribution < 1.29 is 17.9 Å². The average molecular weight is 441 g/mol. The Kier molecular flexibility index (Phi) is 5.19. The number of carbonyl (C=O) groups excluding carboxylic acids is 1. The lowest BCUT2D eigenvalue weighted by Crippen LogP contribution is -2.16. The van der Waals surface area contributed by atoms with Crippen LogP contribution in [-0.4, -0.2) is 51.6 Å². The second kappa shape index (κ2) is 7.84. The summed E-state index contributed by atoms with van der Waals surface area (Å²) in [7, 11) is -3.27. The summed E-state index contributed by atoms with van der Waals surface area (Å²) >= 11 is 0. The molecule has 10 nitrogen and oxygen atoms in total. The minimum Gasteiger partial charge on any atom is -0.462 e. The zero-order valence-electron chi connectivity index (χ0n) is 16.8. The fourth-order valence-electron chi connectivity index (χ4n) is 3.14. The number of benzene rings is 1. The molecule has 4 aromatic rings. The molecule has 11 heteroatoms. The van der Waals surface area contributed by atoms with Crippen LogP contribution in [0.15, 0.2) is 58.6 Å². The van der Waals surface area contributed by atoms with Crippen molar-refractivity contribution in [3.8, 4) is 5.95 Å². The highest BCUT2D eigenvalue weighted by Crippen LogP contribution is 2.16. The van der Waals surface area contributed by atoms with Crippen molar-refractivity contribution in [3.63, 3.8) is 0 Å². The maximum absolute atomic E-state index is 12.7. The first kappa shape index (κ1) is 20.5. The van der Waals surface area contributed by atoms with Gasteiger partial charge < -0.3 is 9.30 Å². The van der Waals surface area contributed by atoms with E-state index in [9.17, 15) is 18.0 Å². The van der Waals surface area contributed by atoms with Crippen molar-refractivity contribution in [2.45, 2.75) is 18.4 Å². The van der Waals surface area contributed by atoms with Crippen molar-refractivity contribution in [3.05, 3.63) is 70.4 Å². The van der Waals surface area contributed by atoms with Gasteiger partial charge in [-0.3, -0.25) is 9.78 Å². The number of rotatable bonds is 6. The standard InChI is InChI=1S/C20H19N5O5S/c1-3-30-19(27)14-10-21-25(12-14)20-22-16-8-9-24(17(16)18(26)23-20)11-13-4-6-15(7-5-13)31(2,28)29/h4-10,12H,3,11H2,1-2H3,(H,22,23,26). The van der Waals surface area contributed by atoms with E-state index in [1.165, 1.54) is 29.2 Å². The summed E-state index contributed by atoms with van der Waals surface area (Å²) in [6.45, 7) is 2.32. The van der Waals surface area contributed by atoms with Gasteiger partial charge in [-0.1, -0.05) is 12.1 Å². The number of nitrogens with one attached hydrogen (secondary N) is 1. The van der Waals surface area contributed by atoms with Gasteiger partial charge in [-0.2, -0.15) is 5.10 Å². The number of hydrogen-bond acceptors (Lipinski definition) is 7. The molecule has 0 radical (unpaired) electrons. The fraction of sp³-hybridized carbons (Fsp3) is 0.200. The molecular weight excluding hydrogens is 422 g/mol. The number of H-pyrrole nitrogens is 1. The Balaban J connectivity index is 1.64. The molecule has 0 aliphatic heterocycles. The molecule has 0 amide bonds. The van der Waals surface area contributed by atoms with E-state index >= 15 is 0 Å². The summed E-state index contributed by atoms with van der Waals surface area (Å²) in [5.41, 5.74) is 1.54. The number of nitrogens with zero attached hydrogens (tertiary/aromatic N) is 4. The van der Waals surface area contributed by atoms with Gasteiger partial charge in [0.25, 0.3) is 5.56 Å². The molecule has 0 fully saturated rings. The normalized spacial score (nSPS) is 11.7. The lowest BCUT2D eigenvalue weighted by molar-refractivity contribution is 0.0526. The second-order valence-corrected chi connectivity index (χ2v) is 8.89. The van der Waals surface area contributed by atoms with Crippen molar-refractivity contribution >= 4 is 26.8 Å². The van der Waals surface area contributed by atoms with Crippen molar-refractivity contribution in [1.29, 1.82) is 0 Å². The number of esters is 1. The molecule has 1 aromatic carbocycles. The lowest BCUT2D eigenvalue weighted by atomic mass is 10.2. The number of hydrogen-bond donors (Lipinski definition) is 1.